The van der Waals surface area contributed by atoms with Crippen LogP contribution in [0.5, 0.6) is 0 Å². The first-order valence-corrected chi connectivity index (χ1v) is 4.78. The van der Waals surface area contributed by atoms with Gasteiger partial charge in [0.25, 0.3) is 0 Å². The molecule has 0 amide bonds. The van der Waals surface area contributed by atoms with Gasteiger partial charge >= 0.3 is 6.18 Å². The Morgan fingerprint density at radius 2 is 2.27 bits per heavy atom. The molecule has 0 saturated heterocycles. The summed E-state index contributed by atoms with van der Waals surface area (Å²) in [6.07, 6.45) is -3.08. The molecule has 0 aliphatic rings. The lowest BCUT2D eigenvalue weighted by Crippen LogP contribution is -2.21. The summed E-state index contributed by atoms with van der Waals surface area (Å²) in [4.78, 5) is 0. The summed E-state index contributed by atoms with van der Waals surface area (Å²) >= 11 is 0. The second-order valence-electron chi connectivity index (χ2n) is 3.41. The van der Waals surface area contributed by atoms with Crippen molar-refractivity contribution in [2.24, 2.45) is 0 Å². The van der Waals surface area contributed by atoms with E-state index in [0.29, 0.717) is 6.54 Å². The first-order valence-electron chi connectivity index (χ1n) is 4.78. The van der Waals surface area contributed by atoms with Gasteiger partial charge < -0.3 is 5.32 Å². The zero-order chi connectivity index (χ0) is 11.3. The highest BCUT2D eigenvalue weighted by molar-refractivity contribution is 5.02. The fourth-order valence-electron chi connectivity index (χ4n) is 1.23. The molecule has 3 nitrogen and oxygen atoms in total. The van der Waals surface area contributed by atoms with E-state index in [1.807, 2.05) is 6.92 Å². The van der Waals surface area contributed by atoms with Crippen molar-refractivity contribution in [1.82, 2.24) is 15.5 Å². The Morgan fingerprint density at radius 3 is 2.80 bits per heavy atom. The molecule has 1 aromatic rings. The molecule has 2 N–H and O–H groups in total. The molecule has 1 heterocycles. The van der Waals surface area contributed by atoms with Gasteiger partial charge in [0, 0.05) is 18.7 Å². The zero-order valence-corrected chi connectivity index (χ0v) is 8.43. The topological polar surface area (TPSA) is 40.7 Å². The molecule has 0 aromatic carbocycles. The van der Waals surface area contributed by atoms with Gasteiger partial charge in [0.05, 0.1) is 5.69 Å². The Balaban J connectivity index is 2.16. The van der Waals surface area contributed by atoms with E-state index in [1.165, 1.54) is 0 Å². The normalized spacial score (nSPS) is 14.1. The summed E-state index contributed by atoms with van der Waals surface area (Å²) in [5.41, 5.74) is 0.877. The molecule has 1 unspecified atom stereocenters. The monoisotopic (exact) mass is 221 g/mol. The number of H-pyrrole nitrogens is 1. The largest absolute Gasteiger partial charge is 0.389 e. The van der Waals surface area contributed by atoms with Gasteiger partial charge in [-0.1, -0.05) is 0 Å². The smallest absolute Gasteiger partial charge is 0.309 e. The average molecular weight is 221 g/mol. The van der Waals surface area contributed by atoms with Crippen LogP contribution in [0.2, 0.25) is 0 Å². The number of hydrogen-bond acceptors (Lipinski definition) is 2. The van der Waals surface area contributed by atoms with Crippen LogP contribution < -0.4 is 5.32 Å². The molecule has 0 radical (unpaired) electrons. The Hall–Kier alpha value is -1.04. The van der Waals surface area contributed by atoms with Gasteiger partial charge in [0.15, 0.2) is 0 Å². The number of nitrogens with zero attached hydrogens (tertiary/aromatic N) is 1. The molecule has 0 saturated carbocycles. The molecule has 6 heteroatoms. The summed E-state index contributed by atoms with van der Waals surface area (Å²) in [7, 11) is 0. The molecule has 0 aliphatic heterocycles. The molecule has 0 aliphatic carbocycles. The van der Waals surface area contributed by atoms with Crippen molar-refractivity contribution in [3.8, 4) is 0 Å². The Morgan fingerprint density at radius 1 is 1.53 bits per heavy atom. The summed E-state index contributed by atoms with van der Waals surface area (Å²) in [5, 5.41) is 9.51. The summed E-state index contributed by atoms with van der Waals surface area (Å²) in [5.74, 6) is 0. The van der Waals surface area contributed by atoms with Crippen LogP contribution in [-0.4, -0.2) is 22.9 Å². The fourth-order valence-corrected chi connectivity index (χ4v) is 1.23. The van der Waals surface area contributed by atoms with E-state index in [4.69, 9.17) is 0 Å². The highest BCUT2D eigenvalue weighted by Crippen LogP contribution is 2.21. The van der Waals surface area contributed by atoms with E-state index >= 15 is 0 Å². The van der Waals surface area contributed by atoms with Crippen molar-refractivity contribution in [2.45, 2.75) is 32.0 Å². The third-order valence-corrected chi connectivity index (χ3v) is 2.08. The van der Waals surface area contributed by atoms with Crippen molar-refractivity contribution in [3.05, 3.63) is 18.0 Å². The van der Waals surface area contributed by atoms with Crippen molar-refractivity contribution in [2.75, 3.05) is 6.54 Å². The number of aromatic amines is 1. The minimum Gasteiger partial charge on any atom is -0.309 e. The van der Waals surface area contributed by atoms with Crippen LogP contribution in [0.25, 0.3) is 0 Å². The summed E-state index contributed by atoms with van der Waals surface area (Å²) in [6.45, 7) is 2.22. The van der Waals surface area contributed by atoms with Crippen LogP contribution >= 0.6 is 0 Å². The number of halogens is 3. The Bertz CT molecular complexity index is 269. The fraction of sp³-hybridized carbons (Fsp3) is 0.667. The lowest BCUT2D eigenvalue weighted by Gasteiger charge is -2.12. The Labute approximate surface area is 86.1 Å². The van der Waals surface area contributed by atoms with Crippen molar-refractivity contribution >= 4 is 0 Å². The van der Waals surface area contributed by atoms with E-state index in [-0.39, 0.29) is 12.5 Å². The highest BCUT2D eigenvalue weighted by atomic mass is 19.4. The first-order chi connectivity index (χ1) is 6.99. The quantitative estimate of drug-likeness (QED) is 0.749. The number of rotatable bonds is 5. The van der Waals surface area contributed by atoms with Crippen LogP contribution in [0.15, 0.2) is 12.3 Å². The van der Waals surface area contributed by atoms with E-state index in [1.54, 1.807) is 12.3 Å². The molecule has 1 aromatic heterocycles. The molecular formula is C9H14F3N3. The van der Waals surface area contributed by atoms with Crippen molar-refractivity contribution < 1.29 is 13.2 Å². The minimum atomic E-state index is -4.06. The maximum Gasteiger partial charge on any atom is 0.389 e. The van der Waals surface area contributed by atoms with Gasteiger partial charge in [-0.05, 0) is 26.0 Å². The standard InChI is InChI=1S/C9H14F3N3/c1-7(8-3-6-14-15-8)13-5-2-4-9(10,11)12/h3,6-7,13H,2,4-5H2,1H3,(H,14,15). The second kappa shape index (κ2) is 5.16. The van der Waals surface area contributed by atoms with Gasteiger partial charge in [-0.2, -0.15) is 18.3 Å². The minimum absolute atomic E-state index is 0.000679. The summed E-state index contributed by atoms with van der Waals surface area (Å²) < 4.78 is 35.4. The van der Waals surface area contributed by atoms with E-state index in [2.05, 4.69) is 15.5 Å². The lowest BCUT2D eigenvalue weighted by atomic mass is 10.2. The van der Waals surface area contributed by atoms with Crippen molar-refractivity contribution in [3.63, 3.8) is 0 Å². The Kier molecular flexibility index (Phi) is 4.14. The molecule has 15 heavy (non-hydrogen) atoms. The van der Waals surface area contributed by atoms with Crippen LogP contribution in [0, 0.1) is 0 Å². The molecule has 0 bridgehead atoms. The zero-order valence-electron chi connectivity index (χ0n) is 8.43. The van der Waals surface area contributed by atoms with Gasteiger partial charge in [0.2, 0.25) is 0 Å². The SMILES string of the molecule is CC(NCCCC(F)(F)F)c1ccn[nH]1. The third-order valence-electron chi connectivity index (χ3n) is 2.08. The van der Waals surface area contributed by atoms with Gasteiger partial charge in [-0.3, -0.25) is 5.10 Å². The average Bonchev–Trinajstić information content (AvgIpc) is 2.63. The van der Waals surface area contributed by atoms with Crippen LogP contribution in [0.1, 0.15) is 31.5 Å². The van der Waals surface area contributed by atoms with E-state index in [0.717, 1.165) is 5.69 Å². The first kappa shape index (κ1) is 12.0. The molecular weight excluding hydrogens is 207 g/mol. The molecule has 1 rings (SSSR count). The number of alkyl halides is 3. The summed E-state index contributed by atoms with van der Waals surface area (Å²) in [6, 6.07) is 1.79. The molecule has 1 atom stereocenters. The van der Waals surface area contributed by atoms with Crippen LogP contribution in [0.4, 0.5) is 13.2 Å². The van der Waals surface area contributed by atoms with E-state index in [9.17, 15) is 13.2 Å². The molecule has 0 fully saturated rings. The predicted molar refractivity (Wildman–Crippen MR) is 50.3 cm³/mol. The van der Waals surface area contributed by atoms with Crippen molar-refractivity contribution in [1.29, 1.82) is 0 Å². The van der Waals surface area contributed by atoms with Crippen LogP contribution in [-0.2, 0) is 0 Å². The maximum atomic E-state index is 11.8. The van der Waals surface area contributed by atoms with E-state index < -0.39 is 12.6 Å². The van der Waals surface area contributed by atoms with Gasteiger partial charge in [-0.25, -0.2) is 0 Å². The maximum absolute atomic E-state index is 11.8. The lowest BCUT2D eigenvalue weighted by molar-refractivity contribution is -0.135. The van der Waals surface area contributed by atoms with Gasteiger partial charge in [0.1, 0.15) is 0 Å². The van der Waals surface area contributed by atoms with Crippen LogP contribution in [0.3, 0.4) is 0 Å². The van der Waals surface area contributed by atoms with Gasteiger partial charge in [-0.15, -0.1) is 0 Å². The molecule has 0 spiro atoms. The predicted octanol–water partition coefficient (Wildman–Crippen LogP) is 2.40. The second-order valence-corrected chi connectivity index (χ2v) is 3.41. The number of hydrogen-bond donors (Lipinski definition) is 2. The third kappa shape index (κ3) is 4.83. The molecule has 86 valence electrons. The number of aromatic nitrogens is 2. The highest BCUT2D eigenvalue weighted by Gasteiger charge is 2.25. The number of nitrogens with one attached hydrogen (secondary N) is 2.